The van der Waals surface area contributed by atoms with Crippen molar-refractivity contribution >= 4 is 17.6 Å². The van der Waals surface area contributed by atoms with Gasteiger partial charge in [-0.25, -0.2) is 15.4 Å². The molecule has 3 atom stereocenters. The lowest BCUT2D eigenvalue weighted by Crippen LogP contribution is -2.56. The molecule has 1 fully saturated rings. The van der Waals surface area contributed by atoms with Crippen LogP contribution in [-0.4, -0.2) is 45.2 Å². The number of hydrazine groups is 1. The predicted molar refractivity (Wildman–Crippen MR) is 99.3 cm³/mol. The van der Waals surface area contributed by atoms with E-state index in [9.17, 15) is 22.8 Å². The van der Waals surface area contributed by atoms with Gasteiger partial charge in [-0.2, -0.15) is 13.2 Å². The minimum absolute atomic E-state index is 0.113. The van der Waals surface area contributed by atoms with Crippen LogP contribution in [0.2, 0.25) is 0 Å². The topological polar surface area (TPSA) is 99.2 Å². The quantitative estimate of drug-likeness (QED) is 0.656. The highest BCUT2D eigenvalue weighted by molar-refractivity contribution is 6.23. The van der Waals surface area contributed by atoms with E-state index in [1.54, 1.807) is 30.3 Å². The summed E-state index contributed by atoms with van der Waals surface area (Å²) in [4.78, 5) is 33.3. The van der Waals surface area contributed by atoms with Crippen LogP contribution < -0.4 is 16.1 Å². The third kappa shape index (κ3) is 3.47. The maximum absolute atomic E-state index is 13.8. The SMILES string of the molecule is CC1=C(C(=O)Nc2cnccn2)C(=O)N2NC(C(F)(F)F)C(c3ccccc3)C2N1. The zero-order chi connectivity index (χ0) is 21.5. The highest BCUT2D eigenvalue weighted by atomic mass is 19.4. The van der Waals surface area contributed by atoms with E-state index in [-0.39, 0.29) is 17.1 Å². The van der Waals surface area contributed by atoms with Crippen LogP contribution in [0.15, 0.2) is 60.2 Å². The zero-order valence-corrected chi connectivity index (χ0v) is 15.6. The number of halogens is 3. The number of nitrogens with zero attached hydrogens (tertiary/aromatic N) is 3. The van der Waals surface area contributed by atoms with E-state index < -0.39 is 36.1 Å². The fraction of sp³-hybridized carbons (Fsp3) is 0.263. The molecule has 2 aliphatic heterocycles. The molecule has 1 saturated heterocycles. The summed E-state index contributed by atoms with van der Waals surface area (Å²) in [5, 5.41) is 6.17. The summed E-state index contributed by atoms with van der Waals surface area (Å²) >= 11 is 0. The molecule has 4 rings (SSSR count). The van der Waals surface area contributed by atoms with Gasteiger partial charge in [0.25, 0.3) is 11.8 Å². The third-order valence-electron chi connectivity index (χ3n) is 5.00. The van der Waals surface area contributed by atoms with Crippen molar-refractivity contribution in [3.05, 3.63) is 65.8 Å². The second kappa shape index (κ2) is 7.41. The van der Waals surface area contributed by atoms with Gasteiger partial charge in [0.05, 0.1) is 12.1 Å². The number of allylic oxidation sites excluding steroid dienone is 1. The van der Waals surface area contributed by atoms with Gasteiger partial charge < -0.3 is 10.6 Å². The number of rotatable bonds is 3. The molecule has 2 aliphatic rings. The predicted octanol–water partition coefficient (Wildman–Crippen LogP) is 1.68. The number of carbonyl (C=O) groups is 2. The smallest absolute Gasteiger partial charge is 0.366 e. The van der Waals surface area contributed by atoms with E-state index in [0.717, 1.165) is 5.01 Å². The molecule has 156 valence electrons. The molecule has 1 aromatic heterocycles. The Morgan fingerprint density at radius 1 is 1.20 bits per heavy atom. The Labute approximate surface area is 169 Å². The molecule has 1 aromatic carbocycles. The Hall–Kier alpha value is -3.47. The van der Waals surface area contributed by atoms with E-state index in [1.807, 2.05) is 0 Å². The summed E-state index contributed by atoms with van der Waals surface area (Å²) < 4.78 is 41.3. The first-order valence-corrected chi connectivity index (χ1v) is 9.03. The van der Waals surface area contributed by atoms with Crippen LogP contribution in [0.25, 0.3) is 0 Å². The summed E-state index contributed by atoms with van der Waals surface area (Å²) in [6.07, 6.45) is -1.58. The van der Waals surface area contributed by atoms with Crippen molar-refractivity contribution in [2.75, 3.05) is 5.32 Å². The molecule has 0 radical (unpaired) electrons. The van der Waals surface area contributed by atoms with Gasteiger partial charge in [-0.3, -0.25) is 14.6 Å². The largest absolute Gasteiger partial charge is 0.406 e. The Kier molecular flexibility index (Phi) is 4.90. The van der Waals surface area contributed by atoms with E-state index in [0.29, 0.717) is 5.56 Å². The van der Waals surface area contributed by atoms with Gasteiger partial charge >= 0.3 is 6.18 Å². The van der Waals surface area contributed by atoms with Crippen molar-refractivity contribution in [2.24, 2.45) is 0 Å². The van der Waals surface area contributed by atoms with Gasteiger partial charge in [0.2, 0.25) is 0 Å². The fourth-order valence-corrected chi connectivity index (χ4v) is 3.70. The molecule has 0 spiro atoms. The summed E-state index contributed by atoms with van der Waals surface area (Å²) in [6.45, 7) is 1.48. The van der Waals surface area contributed by atoms with Crippen molar-refractivity contribution in [2.45, 2.75) is 31.2 Å². The second-order valence-electron chi connectivity index (χ2n) is 6.89. The van der Waals surface area contributed by atoms with Crippen LogP contribution in [-0.2, 0) is 9.59 Å². The van der Waals surface area contributed by atoms with Crippen molar-refractivity contribution in [3.8, 4) is 0 Å². The van der Waals surface area contributed by atoms with Crippen LogP contribution in [0.3, 0.4) is 0 Å². The second-order valence-corrected chi connectivity index (χ2v) is 6.89. The standard InChI is InChI=1S/C19H17F3N6O2/c1-10-13(17(29)26-12-9-23-7-8-24-12)18(30)28-16(25-10)14(11-5-3-2-4-6-11)15(27-28)19(20,21)22/h2-9,14-16,25,27H,1H3,(H,24,26,29). The van der Waals surface area contributed by atoms with Gasteiger partial charge in [-0.1, -0.05) is 30.3 Å². The Bertz CT molecular complexity index is 996. The molecular formula is C19H17F3N6O2. The number of benzene rings is 1. The lowest BCUT2D eigenvalue weighted by molar-refractivity contribution is -0.161. The molecule has 30 heavy (non-hydrogen) atoms. The van der Waals surface area contributed by atoms with Gasteiger partial charge in [-0.05, 0) is 12.5 Å². The van der Waals surface area contributed by atoms with E-state index in [2.05, 4.69) is 26.0 Å². The van der Waals surface area contributed by atoms with Crippen molar-refractivity contribution in [3.63, 3.8) is 0 Å². The lowest BCUT2D eigenvalue weighted by atomic mass is 9.89. The summed E-state index contributed by atoms with van der Waals surface area (Å²) in [7, 11) is 0. The first-order chi connectivity index (χ1) is 14.3. The first kappa shape index (κ1) is 19.8. The van der Waals surface area contributed by atoms with Gasteiger partial charge in [0, 0.05) is 18.1 Å². The molecule has 2 amide bonds. The van der Waals surface area contributed by atoms with Gasteiger partial charge in [-0.15, -0.1) is 0 Å². The third-order valence-corrected chi connectivity index (χ3v) is 5.00. The first-order valence-electron chi connectivity index (χ1n) is 9.03. The van der Waals surface area contributed by atoms with E-state index >= 15 is 0 Å². The number of hydrogen-bond acceptors (Lipinski definition) is 6. The van der Waals surface area contributed by atoms with Crippen LogP contribution in [0.4, 0.5) is 19.0 Å². The number of aromatic nitrogens is 2. The molecule has 3 N–H and O–H groups in total. The van der Waals surface area contributed by atoms with E-state index in [4.69, 9.17) is 0 Å². The Balaban J connectivity index is 1.67. The summed E-state index contributed by atoms with van der Waals surface area (Å²) in [6, 6.07) is 6.13. The van der Waals surface area contributed by atoms with Crippen LogP contribution in [0, 0.1) is 0 Å². The van der Waals surface area contributed by atoms with Crippen LogP contribution >= 0.6 is 0 Å². The number of amides is 2. The molecule has 3 heterocycles. The molecule has 3 unspecified atom stereocenters. The minimum Gasteiger partial charge on any atom is -0.366 e. The fourth-order valence-electron chi connectivity index (χ4n) is 3.70. The molecule has 2 aromatic rings. The lowest BCUT2D eigenvalue weighted by Gasteiger charge is -2.34. The zero-order valence-electron chi connectivity index (χ0n) is 15.6. The Morgan fingerprint density at radius 2 is 1.93 bits per heavy atom. The molecule has 0 saturated carbocycles. The molecule has 8 nitrogen and oxygen atoms in total. The van der Waals surface area contributed by atoms with E-state index in [1.165, 1.54) is 25.5 Å². The highest BCUT2D eigenvalue weighted by Crippen LogP contribution is 2.41. The summed E-state index contributed by atoms with van der Waals surface area (Å²) in [5.41, 5.74) is 2.54. The highest BCUT2D eigenvalue weighted by Gasteiger charge is 2.58. The number of carbonyl (C=O) groups excluding carboxylic acids is 2. The average molecular weight is 418 g/mol. The molecule has 0 aliphatic carbocycles. The monoisotopic (exact) mass is 418 g/mol. The normalized spacial score (nSPS) is 23.8. The molecule has 0 bridgehead atoms. The maximum Gasteiger partial charge on any atom is 0.406 e. The number of hydrogen-bond donors (Lipinski definition) is 3. The van der Waals surface area contributed by atoms with Gasteiger partial charge in [0.1, 0.15) is 17.8 Å². The summed E-state index contributed by atoms with van der Waals surface area (Å²) in [5.74, 6) is -2.64. The maximum atomic E-state index is 13.8. The van der Waals surface area contributed by atoms with Crippen molar-refractivity contribution in [1.29, 1.82) is 0 Å². The van der Waals surface area contributed by atoms with Crippen molar-refractivity contribution in [1.82, 2.24) is 25.7 Å². The van der Waals surface area contributed by atoms with Crippen LogP contribution in [0.1, 0.15) is 18.4 Å². The van der Waals surface area contributed by atoms with Crippen LogP contribution in [0.5, 0.6) is 0 Å². The molecular weight excluding hydrogens is 401 g/mol. The number of anilines is 1. The Morgan fingerprint density at radius 3 is 2.57 bits per heavy atom. The number of alkyl halides is 3. The average Bonchev–Trinajstić information content (AvgIpc) is 3.09. The van der Waals surface area contributed by atoms with Gasteiger partial charge in [0.15, 0.2) is 5.82 Å². The molecule has 11 heteroatoms. The van der Waals surface area contributed by atoms with Crippen molar-refractivity contribution < 1.29 is 22.8 Å². The minimum atomic E-state index is -4.62. The number of fused-ring (bicyclic) bond motifs is 1. The number of nitrogens with one attached hydrogen (secondary N) is 3.